The molecule has 1 fully saturated rings. The van der Waals surface area contributed by atoms with Crippen LogP contribution in [0.1, 0.15) is 34.1 Å². The highest BCUT2D eigenvalue weighted by Gasteiger charge is 2.60. The van der Waals surface area contributed by atoms with Crippen LogP contribution in [0.5, 0.6) is 11.5 Å². The van der Waals surface area contributed by atoms with E-state index < -0.39 is 35.6 Å². The minimum absolute atomic E-state index is 0.364. The van der Waals surface area contributed by atoms with Gasteiger partial charge in [0.1, 0.15) is 11.5 Å². The second kappa shape index (κ2) is 10.8. The molecule has 1 unspecified atom stereocenters. The topological polar surface area (TPSA) is 96.6 Å². The van der Waals surface area contributed by atoms with Gasteiger partial charge in [0.2, 0.25) is 0 Å². The van der Waals surface area contributed by atoms with E-state index in [-0.39, 0.29) is 0 Å². The summed E-state index contributed by atoms with van der Waals surface area (Å²) in [6.07, 6.45) is 0. The predicted octanol–water partition coefficient (Wildman–Crippen LogP) is 6.35. The van der Waals surface area contributed by atoms with Crippen molar-refractivity contribution in [1.29, 1.82) is 5.26 Å². The lowest BCUT2D eigenvalue weighted by atomic mass is 9.52. The molecule has 6 heteroatoms. The Morgan fingerprint density at radius 2 is 1.46 bits per heavy atom. The first-order valence-corrected chi connectivity index (χ1v) is 12.7. The lowest BCUT2D eigenvalue weighted by Gasteiger charge is -2.49. The van der Waals surface area contributed by atoms with Gasteiger partial charge in [-0.1, -0.05) is 66.7 Å². The van der Waals surface area contributed by atoms with E-state index in [0.717, 1.165) is 22.3 Å². The minimum Gasteiger partial charge on any atom is -0.496 e. The zero-order chi connectivity index (χ0) is 27.5. The number of aliphatic carboxylic acids is 1. The van der Waals surface area contributed by atoms with Crippen LogP contribution in [-0.4, -0.2) is 24.2 Å². The van der Waals surface area contributed by atoms with E-state index in [4.69, 9.17) is 14.7 Å². The van der Waals surface area contributed by atoms with Crippen LogP contribution in [0.3, 0.4) is 0 Å². The molecule has 0 heterocycles. The average molecular weight is 518 g/mol. The number of carbonyl (C=O) groups is 2. The van der Waals surface area contributed by atoms with E-state index in [1.165, 1.54) is 7.11 Å². The number of hydrogen-bond acceptors (Lipinski definition) is 5. The van der Waals surface area contributed by atoms with Crippen molar-refractivity contribution in [2.24, 2.45) is 11.8 Å². The highest BCUT2D eigenvalue weighted by atomic mass is 16.5. The van der Waals surface area contributed by atoms with Crippen molar-refractivity contribution in [2.75, 3.05) is 7.11 Å². The lowest BCUT2D eigenvalue weighted by molar-refractivity contribution is -0.158. The Labute approximate surface area is 227 Å². The summed E-state index contributed by atoms with van der Waals surface area (Å²) < 4.78 is 11.5. The Hall–Kier alpha value is -4.89. The minimum atomic E-state index is -0.967. The Morgan fingerprint density at radius 3 is 2.13 bits per heavy atom. The van der Waals surface area contributed by atoms with Gasteiger partial charge in [-0.15, -0.1) is 0 Å². The predicted molar refractivity (Wildman–Crippen MR) is 146 cm³/mol. The van der Waals surface area contributed by atoms with Crippen molar-refractivity contribution in [2.45, 2.75) is 18.8 Å². The number of ether oxygens (including phenoxy) is 2. The van der Waals surface area contributed by atoms with Gasteiger partial charge in [-0.3, -0.25) is 9.59 Å². The summed E-state index contributed by atoms with van der Waals surface area (Å²) in [7, 11) is 1.54. The molecule has 194 valence electrons. The number of benzene rings is 4. The summed E-state index contributed by atoms with van der Waals surface area (Å²) in [5.74, 6) is -3.31. The molecule has 1 N–H and O–H groups in total. The zero-order valence-electron chi connectivity index (χ0n) is 21.6. The zero-order valence-corrected chi connectivity index (χ0v) is 21.6. The van der Waals surface area contributed by atoms with E-state index in [1.54, 1.807) is 36.4 Å². The Morgan fingerprint density at radius 1 is 0.795 bits per heavy atom. The number of nitrogens with zero attached hydrogens (tertiary/aromatic N) is 1. The monoisotopic (exact) mass is 517 g/mol. The maximum atomic E-state index is 13.9. The summed E-state index contributed by atoms with van der Waals surface area (Å²) in [6, 6.07) is 31.2. The molecule has 39 heavy (non-hydrogen) atoms. The number of rotatable bonds is 7. The van der Waals surface area contributed by atoms with Crippen LogP contribution < -0.4 is 9.47 Å². The van der Waals surface area contributed by atoms with E-state index in [2.05, 4.69) is 6.07 Å². The molecule has 0 aromatic heterocycles. The van der Waals surface area contributed by atoms with Crippen LogP contribution >= 0.6 is 0 Å². The third kappa shape index (κ3) is 4.87. The SMILES string of the molecule is COc1ccccc1C1[C@@H](C(=O)O)[C@@H](c2ccccc2C)[C@H]1C(=O)Oc1cccc(-c2ccc(C#N)cc2)c1. The molecular weight excluding hydrogens is 490 g/mol. The first kappa shape index (κ1) is 25.7. The van der Waals surface area contributed by atoms with Crippen molar-refractivity contribution >= 4 is 11.9 Å². The smallest absolute Gasteiger partial charge is 0.315 e. The molecule has 0 radical (unpaired) electrons. The summed E-state index contributed by atoms with van der Waals surface area (Å²) in [6.45, 7) is 1.92. The van der Waals surface area contributed by atoms with Gasteiger partial charge in [0.15, 0.2) is 0 Å². The van der Waals surface area contributed by atoms with Crippen molar-refractivity contribution in [3.8, 4) is 28.7 Å². The van der Waals surface area contributed by atoms with Gasteiger partial charge in [0, 0.05) is 11.8 Å². The molecule has 0 aliphatic heterocycles. The molecule has 0 amide bonds. The third-order valence-corrected chi connectivity index (χ3v) is 7.55. The van der Waals surface area contributed by atoms with Crippen molar-refractivity contribution < 1.29 is 24.2 Å². The number of para-hydroxylation sites is 1. The van der Waals surface area contributed by atoms with Crippen molar-refractivity contribution in [1.82, 2.24) is 0 Å². The highest BCUT2D eigenvalue weighted by molar-refractivity contribution is 5.86. The number of carbonyl (C=O) groups excluding carboxylic acids is 1. The van der Waals surface area contributed by atoms with Gasteiger partial charge in [-0.05, 0) is 65.1 Å². The number of nitriles is 1. The number of hydrogen-bond donors (Lipinski definition) is 1. The molecule has 1 aliphatic rings. The normalized spacial score (nSPS) is 19.8. The third-order valence-electron chi connectivity index (χ3n) is 7.55. The molecule has 0 bridgehead atoms. The maximum absolute atomic E-state index is 13.9. The summed E-state index contributed by atoms with van der Waals surface area (Å²) in [5.41, 5.74) is 4.69. The molecular formula is C33H27NO5. The quantitative estimate of drug-likeness (QED) is 0.227. The standard InChI is InChI=1S/C33H27NO5/c1-20-8-3-4-11-25(20)28-30(32(35)36)29(26-12-5-6-13-27(26)38-2)31(28)33(37)39-24-10-7-9-23(18-24)22-16-14-21(19-34)15-17-22/h3-18,28-31H,1-2H3,(H,35,36)/t28-,29?,30+,31-/m1/s1. The second-order valence-electron chi connectivity index (χ2n) is 9.68. The van der Waals surface area contributed by atoms with Crippen molar-refractivity contribution in [3.63, 3.8) is 0 Å². The fourth-order valence-corrected chi connectivity index (χ4v) is 5.69. The van der Waals surface area contributed by atoms with Crippen molar-refractivity contribution in [3.05, 3.63) is 119 Å². The van der Waals surface area contributed by atoms with Gasteiger partial charge >= 0.3 is 11.9 Å². The molecule has 0 saturated heterocycles. The largest absolute Gasteiger partial charge is 0.496 e. The van der Waals surface area contributed by atoms with Crippen LogP contribution in [0.15, 0.2) is 97.1 Å². The van der Waals surface area contributed by atoms with Crippen LogP contribution in [0.25, 0.3) is 11.1 Å². The number of carboxylic acids is 1. The maximum Gasteiger partial charge on any atom is 0.315 e. The Kier molecular flexibility index (Phi) is 7.16. The summed E-state index contributed by atoms with van der Waals surface area (Å²) in [5, 5.41) is 19.4. The molecule has 6 nitrogen and oxygen atoms in total. The van der Waals surface area contributed by atoms with E-state index in [0.29, 0.717) is 22.6 Å². The molecule has 4 atom stereocenters. The van der Waals surface area contributed by atoms with E-state index >= 15 is 0 Å². The molecule has 1 saturated carbocycles. The van der Waals surface area contributed by atoms with Crippen LogP contribution in [-0.2, 0) is 9.59 Å². The molecule has 4 aromatic carbocycles. The van der Waals surface area contributed by atoms with Crippen LogP contribution in [0, 0.1) is 30.1 Å². The Balaban J connectivity index is 1.52. The fourth-order valence-electron chi connectivity index (χ4n) is 5.69. The highest BCUT2D eigenvalue weighted by Crippen LogP contribution is 2.59. The fraction of sp³-hybridized carbons (Fsp3) is 0.182. The number of methoxy groups -OCH3 is 1. The van der Waals surface area contributed by atoms with Crippen LogP contribution in [0.2, 0.25) is 0 Å². The van der Waals surface area contributed by atoms with E-state index in [9.17, 15) is 14.7 Å². The van der Waals surface area contributed by atoms with Gasteiger partial charge in [-0.2, -0.15) is 5.26 Å². The second-order valence-corrected chi connectivity index (χ2v) is 9.68. The van der Waals surface area contributed by atoms with Gasteiger partial charge < -0.3 is 14.6 Å². The first-order chi connectivity index (χ1) is 18.9. The molecule has 1 aliphatic carbocycles. The van der Waals surface area contributed by atoms with Gasteiger partial charge in [0.25, 0.3) is 0 Å². The van der Waals surface area contributed by atoms with Gasteiger partial charge in [-0.25, -0.2) is 0 Å². The van der Waals surface area contributed by atoms with Crippen LogP contribution in [0.4, 0.5) is 0 Å². The average Bonchev–Trinajstić information content (AvgIpc) is 2.94. The number of aryl methyl sites for hydroxylation is 1. The summed E-state index contributed by atoms with van der Waals surface area (Å²) in [4.78, 5) is 26.5. The van der Waals surface area contributed by atoms with Gasteiger partial charge in [0.05, 0.1) is 30.6 Å². The summed E-state index contributed by atoms with van der Waals surface area (Å²) >= 11 is 0. The number of esters is 1. The Bertz CT molecular complexity index is 1570. The molecule has 0 spiro atoms. The first-order valence-electron chi connectivity index (χ1n) is 12.7. The lowest BCUT2D eigenvalue weighted by Crippen LogP contribution is -2.52. The molecule has 5 rings (SSSR count). The molecule has 4 aromatic rings. The number of carboxylic acid groups (broad SMARTS) is 1. The van der Waals surface area contributed by atoms with E-state index in [1.807, 2.05) is 67.6 Å².